The van der Waals surface area contributed by atoms with Crippen molar-refractivity contribution in [2.24, 2.45) is 0 Å². The maximum Gasteiger partial charge on any atom is 0.197 e. The smallest absolute Gasteiger partial charge is 0.197 e. The molecule has 1 aromatic rings. The van der Waals surface area contributed by atoms with E-state index >= 15 is 0 Å². The van der Waals surface area contributed by atoms with E-state index in [0.29, 0.717) is 12.5 Å². The summed E-state index contributed by atoms with van der Waals surface area (Å²) in [6, 6.07) is 8.26. The largest absolute Gasteiger partial charge is 0.324 e. The van der Waals surface area contributed by atoms with Gasteiger partial charge in [0.05, 0.1) is 6.61 Å². The average Bonchev–Trinajstić information content (AvgIpc) is 2.14. The molecule has 0 aliphatic rings. The Morgan fingerprint density at radius 3 is 2.13 bits per heavy atom. The van der Waals surface area contributed by atoms with Crippen molar-refractivity contribution >= 4 is 7.37 Å². The van der Waals surface area contributed by atoms with Crippen molar-refractivity contribution in [1.29, 1.82) is 0 Å². The molecule has 0 fully saturated rings. The highest BCUT2D eigenvalue weighted by molar-refractivity contribution is 7.57. The lowest BCUT2D eigenvalue weighted by molar-refractivity contribution is 0.310. The highest BCUT2D eigenvalue weighted by Gasteiger charge is 2.07. The molecule has 84 valence electrons. The summed E-state index contributed by atoms with van der Waals surface area (Å²) in [5.41, 5.74) is 2.39. The zero-order valence-electron chi connectivity index (χ0n) is 9.86. The van der Waals surface area contributed by atoms with E-state index in [1.54, 1.807) is 13.3 Å². The van der Waals surface area contributed by atoms with E-state index in [9.17, 15) is 4.57 Å². The van der Waals surface area contributed by atoms with E-state index in [0.717, 1.165) is 5.56 Å². The van der Waals surface area contributed by atoms with Gasteiger partial charge in [-0.15, -0.1) is 0 Å². The standard InChI is InChI=1S/C12H19O2P/c1-10(2)12-7-5-11(6-8-12)9-14-15(3,4)13/h5-8,10H,9H2,1-4H3. The van der Waals surface area contributed by atoms with Crippen LogP contribution in [0.25, 0.3) is 0 Å². The van der Waals surface area contributed by atoms with Gasteiger partial charge < -0.3 is 4.52 Å². The van der Waals surface area contributed by atoms with Gasteiger partial charge >= 0.3 is 0 Å². The molecule has 0 heterocycles. The molecule has 0 radical (unpaired) electrons. The maximum atomic E-state index is 11.3. The Balaban J connectivity index is 2.61. The SMILES string of the molecule is CC(C)c1ccc(COP(C)(C)=O)cc1. The molecule has 0 amide bonds. The molecule has 0 spiro atoms. The molecule has 3 heteroatoms. The Labute approximate surface area is 92.1 Å². The van der Waals surface area contributed by atoms with Crippen LogP contribution in [-0.4, -0.2) is 13.3 Å². The van der Waals surface area contributed by atoms with Gasteiger partial charge in [0.1, 0.15) is 0 Å². The van der Waals surface area contributed by atoms with E-state index in [4.69, 9.17) is 4.52 Å². The predicted octanol–water partition coefficient (Wildman–Crippen LogP) is 3.86. The molecule has 0 N–H and O–H groups in total. The third kappa shape index (κ3) is 4.63. The molecule has 1 rings (SSSR count). The lowest BCUT2D eigenvalue weighted by Gasteiger charge is -2.09. The predicted molar refractivity (Wildman–Crippen MR) is 64.8 cm³/mol. The third-order valence-electron chi connectivity index (χ3n) is 2.19. The Hall–Kier alpha value is -0.590. The summed E-state index contributed by atoms with van der Waals surface area (Å²) in [4.78, 5) is 0. The van der Waals surface area contributed by atoms with E-state index in [-0.39, 0.29) is 0 Å². The van der Waals surface area contributed by atoms with Crippen molar-refractivity contribution in [2.45, 2.75) is 26.4 Å². The molecule has 0 saturated heterocycles. The Morgan fingerprint density at radius 1 is 1.20 bits per heavy atom. The van der Waals surface area contributed by atoms with Crippen LogP contribution in [0.5, 0.6) is 0 Å². The van der Waals surface area contributed by atoms with E-state index in [1.807, 2.05) is 12.1 Å². The van der Waals surface area contributed by atoms with E-state index < -0.39 is 7.37 Å². The van der Waals surface area contributed by atoms with Crippen LogP contribution in [0.3, 0.4) is 0 Å². The fourth-order valence-corrected chi connectivity index (χ4v) is 1.69. The second-order valence-corrected chi connectivity index (χ2v) is 7.18. The van der Waals surface area contributed by atoms with Gasteiger partial charge in [0, 0.05) is 13.3 Å². The summed E-state index contributed by atoms with van der Waals surface area (Å²) in [5, 5.41) is 0. The van der Waals surface area contributed by atoms with Gasteiger partial charge in [0.15, 0.2) is 7.37 Å². The monoisotopic (exact) mass is 226 g/mol. The van der Waals surface area contributed by atoms with Crippen LogP contribution in [0.4, 0.5) is 0 Å². The zero-order chi connectivity index (χ0) is 11.5. The molecule has 0 aromatic heterocycles. The Bertz CT molecular complexity index is 348. The first-order valence-electron chi connectivity index (χ1n) is 5.17. The highest BCUT2D eigenvalue weighted by Crippen LogP contribution is 2.38. The van der Waals surface area contributed by atoms with Crippen LogP contribution in [0.1, 0.15) is 30.9 Å². The normalized spacial score (nSPS) is 12.1. The fourth-order valence-electron chi connectivity index (χ4n) is 1.23. The van der Waals surface area contributed by atoms with E-state index in [1.165, 1.54) is 5.56 Å². The first-order chi connectivity index (χ1) is 6.88. The molecule has 1 aromatic carbocycles. The molecule has 0 aliphatic carbocycles. The number of hydrogen-bond acceptors (Lipinski definition) is 2. The van der Waals surface area contributed by atoms with Crippen molar-refractivity contribution in [2.75, 3.05) is 13.3 Å². The van der Waals surface area contributed by atoms with Crippen LogP contribution in [-0.2, 0) is 15.7 Å². The Kier molecular flexibility index (Phi) is 4.12. The molecule has 2 nitrogen and oxygen atoms in total. The lowest BCUT2D eigenvalue weighted by Crippen LogP contribution is -1.92. The summed E-state index contributed by atoms with van der Waals surface area (Å²) in [7, 11) is -2.36. The summed E-state index contributed by atoms with van der Waals surface area (Å²) in [6.45, 7) is 8.03. The van der Waals surface area contributed by atoms with Crippen LogP contribution in [0.2, 0.25) is 0 Å². The molecule has 0 atom stereocenters. The molecule has 0 unspecified atom stereocenters. The third-order valence-corrected chi connectivity index (χ3v) is 2.94. The molecule has 0 saturated carbocycles. The van der Waals surface area contributed by atoms with Crippen molar-refractivity contribution in [3.8, 4) is 0 Å². The minimum absolute atomic E-state index is 0.433. The van der Waals surface area contributed by atoms with Crippen LogP contribution in [0.15, 0.2) is 24.3 Å². The van der Waals surface area contributed by atoms with Crippen LogP contribution in [0, 0.1) is 0 Å². The van der Waals surface area contributed by atoms with Gasteiger partial charge in [0.25, 0.3) is 0 Å². The number of hydrogen-bond donors (Lipinski definition) is 0. The van der Waals surface area contributed by atoms with Gasteiger partial charge in [0.2, 0.25) is 0 Å². The molecule has 0 bridgehead atoms. The summed E-state index contributed by atoms with van der Waals surface area (Å²) < 4.78 is 16.6. The molecule has 0 aliphatic heterocycles. The molecular formula is C12H19O2P. The van der Waals surface area contributed by atoms with E-state index in [2.05, 4.69) is 26.0 Å². The van der Waals surface area contributed by atoms with Gasteiger partial charge in [-0.3, -0.25) is 4.57 Å². The quantitative estimate of drug-likeness (QED) is 0.728. The van der Waals surface area contributed by atoms with Gasteiger partial charge in [-0.1, -0.05) is 38.1 Å². The molecule has 15 heavy (non-hydrogen) atoms. The van der Waals surface area contributed by atoms with Gasteiger partial charge in [-0.2, -0.15) is 0 Å². The number of rotatable bonds is 4. The van der Waals surface area contributed by atoms with Crippen LogP contribution < -0.4 is 0 Å². The first kappa shape index (κ1) is 12.5. The minimum atomic E-state index is -2.36. The average molecular weight is 226 g/mol. The van der Waals surface area contributed by atoms with Crippen LogP contribution >= 0.6 is 7.37 Å². The Morgan fingerprint density at radius 2 is 1.73 bits per heavy atom. The summed E-state index contributed by atoms with van der Waals surface area (Å²) >= 11 is 0. The van der Waals surface area contributed by atoms with Crippen molar-refractivity contribution in [3.63, 3.8) is 0 Å². The zero-order valence-corrected chi connectivity index (χ0v) is 10.8. The first-order valence-corrected chi connectivity index (χ1v) is 7.69. The number of benzene rings is 1. The second-order valence-electron chi connectivity index (χ2n) is 4.42. The lowest BCUT2D eigenvalue weighted by atomic mass is 10.0. The topological polar surface area (TPSA) is 26.3 Å². The summed E-state index contributed by atoms with van der Waals surface area (Å²) in [6.07, 6.45) is 0. The molecular weight excluding hydrogens is 207 g/mol. The minimum Gasteiger partial charge on any atom is -0.324 e. The van der Waals surface area contributed by atoms with Crippen molar-refractivity contribution in [1.82, 2.24) is 0 Å². The van der Waals surface area contributed by atoms with Gasteiger partial charge in [-0.25, -0.2) is 0 Å². The highest BCUT2D eigenvalue weighted by atomic mass is 31.2. The van der Waals surface area contributed by atoms with Crippen molar-refractivity contribution < 1.29 is 9.09 Å². The fraction of sp³-hybridized carbons (Fsp3) is 0.500. The second kappa shape index (κ2) is 4.96. The van der Waals surface area contributed by atoms with Crippen molar-refractivity contribution in [3.05, 3.63) is 35.4 Å². The maximum absolute atomic E-state index is 11.3. The summed E-state index contributed by atoms with van der Waals surface area (Å²) in [5.74, 6) is 0.545. The van der Waals surface area contributed by atoms with Gasteiger partial charge in [-0.05, 0) is 17.0 Å².